The zero-order valence-corrected chi connectivity index (χ0v) is 16.5. The highest BCUT2D eigenvalue weighted by Crippen LogP contribution is 2.61. The molecule has 3 aliphatic carbocycles. The van der Waals surface area contributed by atoms with Gasteiger partial charge in [0, 0.05) is 17.5 Å². The van der Waals surface area contributed by atoms with Gasteiger partial charge >= 0.3 is 0 Å². The maximum absolute atomic E-state index is 13.6. The summed E-state index contributed by atoms with van der Waals surface area (Å²) >= 11 is 0. The molecule has 1 atom stereocenters. The Morgan fingerprint density at radius 3 is 2.11 bits per heavy atom. The molecule has 1 unspecified atom stereocenters. The lowest BCUT2D eigenvalue weighted by molar-refractivity contribution is -0.126. The van der Waals surface area contributed by atoms with Crippen LogP contribution in [0.4, 0.5) is 5.82 Å². The first-order chi connectivity index (χ1) is 13.5. The molecule has 6 rings (SSSR count). The molecule has 3 aliphatic rings. The Morgan fingerprint density at radius 1 is 0.964 bits per heavy atom. The zero-order chi connectivity index (χ0) is 19.5. The summed E-state index contributed by atoms with van der Waals surface area (Å²) in [7, 11) is 0. The first-order valence-corrected chi connectivity index (χ1v) is 9.92. The molecule has 3 nitrogen and oxygen atoms in total. The third-order valence-electron chi connectivity index (χ3n) is 6.49. The van der Waals surface area contributed by atoms with E-state index in [4.69, 9.17) is 0 Å². The lowest BCUT2D eigenvalue weighted by Crippen LogP contribution is -2.47. The van der Waals surface area contributed by atoms with Gasteiger partial charge in [-0.2, -0.15) is 0 Å². The van der Waals surface area contributed by atoms with E-state index in [0.29, 0.717) is 5.82 Å². The smallest absolute Gasteiger partial charge is 0.232 e. The van der Waals surface area contributed by atoms with E-state index in [9.17, 15) is 4.79 Å². The van der Waals surface area contributed by atoms with E-state index >= 15 is 0 Å². The van der Waals surface area contributed by atoms with Crippen molar-refractivity contribution in [3.8, 4) is 0 Å². The zero-order valence-electron chi connectivity index (χ0n) is 16.5. The summed E-state index contributed by atoms with van der Waals surface area (Å²) in [5, 5.41) is 3.13. The number of nitrogens with one attached hydrogen (secondary N) is 1. The van der Waals surface area contributed by atoms with Crippen LogP contribution >= 0.6 is 0 Å². The minimum Gasteiger partial charge on any atom is -0.310 e. The number of aryl methyl sites for hydroxylation is 2. The van der Waals surface area contributed by atoms with E-state index in [1.807, 2.05) is 26.0 Å². The normalized spacial score (nSPS) is 24.4. The number of aromatic nitrogens is 1. The lowest BCUT2D eigenvalue weighted by atomic mass is 9.52. The second-order valence-electron chi connectivity index (χ2n) is 8.49. The molecule has 3 heteroatoms. The molecule has 2 bridgehead atoms. The molecule has 3 aromatic rings. The molecule has 1 aromatic heterocycles. The van der Waals surface area contributed by atoms with Crippen molar-refractivity contribution in [3.05, 3.63) is 94.2 Å². The number of rotatable bonds is 2. The maximum Gasteiger partial charge on any atom is 0.232 e. The summed E-state index contributed by atoms with van der Waals surface area (Å²) in [6, 6.07) is 21.2. The van der Waals surface area contributed by atoms with E-state index in [2.05, 4.69) is 65.8 Å². The van der Waals surface area contributed by atoms with Gasteiger partial charge < -0.3 is 5.32 Å². The average Bonchev–Trinajstić information content (AvgIpc) is 2.67. The van der Waals surface area contributed by atoms with Crippen molar-refractivity contribution in [2.24, 2.45) is 5.41 Å². The van der Waals surface area contributed by atoms with E-state index in [0.717, 1.165) is 17.7 Å². The number of carbonyl (C=O) groups is 1. The van der Waals surface area contributed by atoms with Crippen LogP contribution in [0.5, 0.6) is 0 Å². The van der Waals surface area contributed by atoms with Crippen molar-refractivity contribution in [2.75, 3.05) is 5.32 Å². The molecule has 2 aromatic carbocycles. The van der Waals surface area contributed by atoms with Gasteiger partial charge in [0.05, 0.1) is 5.41 Å². The van der Waals surface area contributed by atoms with Crippen LogP contribution in [0.1, 0.15) is 58.7 Å². The van der Waals surface area contributed by atoms with E-state index in [1.54, 1.807) is 0 Å². The van der Waals surface area contributed by atoms with Gasteiger partial charge in [-0.3, -0.25) is 4.79 Å². The fourth-order valence-corrected chi connectivity index (χ4v) is 5.35. The number of fused-ring (bicyclic) bond motifs is 1. The van der Waals surface area contributed by atoms with Gasteiger partial charge in [-0.25, -0.2) is 4.98 Å². The molecular formula is C25H24N2O. The molecule has 0 saturated heterocycles. The molecular weight excluding hydrogens is 344 g/mol. The van der Waals surface area contributed by atoms with Crippen LogP contribution in [-0.4, -0.2) is 10.9 Å². The van der Waals surface area contributed by atoms with Gasteiger partial charge in [0.15, 0.2) is 0 Å². The number of benzene rings is 2. The SMILES string of the molecule is Cc1cc(C)nc(NC(=O)C2(C)CC3c4ccccc4C2c2ccccc23)c1. The summed E-state index contributed by atoms with van der Waals surface area (Å²) in [5.41, 5.74) is 6.86. The number of hydrogen-bond donors (Lipinski definition) is 1. The second-order valence-corrected chi connectivity index (χ2v) is 8.49. The summed E-state index contributed by atoms with van der Waals surface area (Å²) < 4.78 is 0. The highest BCUT2D eigenvalue weighted by atomic mass is 16.2. The standard InChI is InChI=1S/C25H24N2O/c1-15-12-16(2)26-22(13-15)27-24(28)25(3)14-21-17-8-4-6-10-19(17)23(25)20-11-7-5-9-18(20)21/h4-13,21,23H,14H2,1-3H3,(H,26,27,28). The Bertz CT molecular complexity index is 1040. The van der Waals surface area contributed by atoms with Gasteiger partial charge in [0.2, 0.25) is 5.91 Å². The van der Waals surface area contributed by atoms with Crippen LogP contribution in [0, 0.1) is 19.3 Å². The summed E-state index contributed by atoms with van der Waals surface area (Å²) in [5.74, 6) is 1.03. The van der Waals surface area contributed by atoms with Crippen LogP contribution < -0.4 is 5.32 Å². The third kappa shape index (κ3) is 2.42. The maximum atomic E-state index is 13.6. The van der Waals surface area contributed by atoms with Crippen molar-refractivity contribution in [3.63, 3.8) is 0 Å². The van der Waals surface area contributed by atoms with Gasteiger partial charge in [0.1, 0.15) is 5.82 Å². The quantitative estimate of drug-likeness (QED) is 0.665. The van der Waals surface area contributed by atoms with Gasteiger partial charge in [-0.1, -0.05) is 48.5 Å². The van der Waals surface area contributed by atoms with Crippen LogP contribution in [0.15, 0.2) is 60.7 Å². The Labute approximate surface area is 165 Å². The second kappa shape index (κ2) is 6.03. The molecule has 0 saturated carbocycles. The Kier molecular flexibility index (Phi) is 3.70. The topological polar surface area (TPSA) is 42.0 Å². The fraction of sp³-hybridized carbons (Fsp3) is 0.280. The summed E-state index contributed by atoms with van der Waals surface area (Å²) in [6.45, 7) is 6.11. The fourth-order valence-electron chi connectivity index (χ4n) is 5.35. The third-order valence-corrected chi connectivity index (χ3v) is 6.49. The van der Waals surface area contributed by atoms with Gasteiger partial charge in [-0.05, 0) is 67.1 Å². The monoisotopic (exact) mass is 368 g/mol. The van der Waals surface area contributed by atoms with Crippen molar-refractivity contribution in [1.29, 1.82) is 0 Å². The molecule has 0 fully saturated rings. The minimum atomic E-state index is -0.507. The van der Waals surface area contributed by atoms with Crippen LogP contribution in [0.25, 0.3) is 0 Å². The summed E-state index contributed by atoms with van der Waals surface area (Å²) in [6.07, 6.45) is 0.822. The van der Waals surface area contributed by atoms with Crippen molar-refractivity contribution >= 4 is 11.7 Å². The predicted molar refractivity (Wildman–Crippen MR) is 112 cm³/mol. The van der Waals surface area contributed by atoms with Crippen molar-refractivity contribution in [1.82, 2.24) is 4.98 Å². The van der Waals surface area contributed by atoms with E-state index in [1.165, 1.54) is 22.3 Å². The number of nitrogens with zero attached hydrogens (tertiary/aromatic N) is 1. The number of amides is 1. The first-order valence-electron chi connectivity index (χ1n) is 9.92. The van der Waals surface area contributed by atoms with Crippen molar-refractivity contribution < 1.29 is 4.79 Å². The molecule has 1 heterocycles. The molecule has 28 heavy (non-hydrogen) atoms. The van der Waals surface area contributed by atoms with E-state index < -0.39 is 5.41 Å². The van der Waals surface area contributed by atoms with Crippen molar-refractivity contribution in [2.45, 2.75) is 39.0 Å². The molecule has 0 spiro atoms. The van der Waals surface area contributed by atoms with Gasteiger partial charge in [0.25, 0.3) is 0 Å². The van der Waals surface area contributed by atoms with Crippen LogP contribution in [0.2, 0.25) is 0 Å². The van der Waals surface area contributed by atoms with Crippen LogP contribution in [0.3, 0.4) is 0 Å². The molecule has 1 N–H and O–H groups in total. The predicted octanol–water partition coefficient (Wildman–Crippen LogP) is 5.32. The number of hydrogen-bond acceptors (Lipinski definition) is 2. The minimum absolute atomic E-state index is 0.0593. The number of carbonyl (C=O) groups excluding carboxylic acids is 1. The largest absolute Gasteiger partial charge is 0.310 e. The molecule has 0 radical (unpaired) electrons. The Hall–Kier alpha value is -2.94. The molecule has 140 valence electrons. The molecule has 1 amide bonds. The lowest BCUT2D eigenvalue weighted by Gasteiger charge is -2.50. The Balaban J connectivity index is 1.60. The molecule has 0 aliphatic heterocycles. The average molecular weight is 368 g/mol. The van der Waals surface area contributed by atoms with Gasteiger partial charge in [-0.15, -0.1) is 0 Å². The first kappa shape index (κ1) is 17.2. The number of anilines is 1. The van der Waals surface area contributed by atoms with E-state index in [-0.39, 0.29) is 17.7 Å². The highest BCUT2D eigenvalue weighted by molar-refractivity contribution is 5.96. The Morgan fingerprint density at radius 2 is 1.54 bits per heavy atom. The highest BCUT2D eigenvalue weighted by Gasteiger charge is 2.53. The number of pyridine rings is 1. The van der Waals surface area contributed by atoms with Crippen LogP contribution in [-0.2, 0) is 4.79 Å². The summed E-state index contributed by atoms with van der Waals surface area (Å²) in [4.78, 5) is 18.1.